The zero-order chi connectivity index (χ0) is 18.7. The third kappa shape index (κ3) is 4.28. The van der Waals surface area contributed by atoms with Crippen LogP contribution in [0.4, 0.5) is 10.1 Å². The van der Waals surface area contributed by atoms with Gasteiger partial charge in [-0.2, -0.15) is 4.68 Å². The summed E-state index contributed by atoms with van der Waals surface area (Å²) in [7, 11) is 0. The lowest BCUT2D eigenvalue weighted by Crippen LogP contribution is -2.23. The molecule has 0 bridgehead atoms. The molecule has 134 valence electrons. The summed E-state index contributed by atoms with van der Waals surface area (Å²) in [6.07, 6.45) is 0. The fraction of sp³-hybridized carbons (Fsp3) is 0.176. The first-order chi connectivity index (χ1) is 12.4. The van der Waals surface area contributed by atoms with Gasteiger partial charge in [0.1, 0.15) is 5.82 Å². The number of hydrogen-bond acceptors (Lipinski definition) is 5. The molecule has 0 aliphatic heterocycles. The molecule has 3 rings (SSSR count). The van der Waals surface area contributed by atoms with E-state index in [2.05, 4.69) is 36.8 Å². The van der Waals surface area contributed by atoms with Crippen molar-refractivity contribution in [3.63, 3.8) is 0 Å². The van der Waals surface area contributed by atoms with Crippen molar-refractivity contribution in [1.29, 1.82) is 0 Å². The van der Waals surface area contributed by atoms with Crippen LogP contribution in [0, 0.1) is 12.7 Å². The molecule has 6 nitrogen and oxygen atoms in total. The molecule has 2 aromatic carbocycles. The number of carbonyl (C=O) groups excluding carboxylic acids is 1. The van der Waals surface area contributed by atoms with Crippen molar-refractivity contribution >= 4 is 39.3 Å². The summed E-state index contributed by atoms with van der Waals surface area (Å²) < 4.78 is 15.6. The van der Waals surface area contributed by atoms with E-state index in [4.69, 9.17) is 0 Å². The van der Waals surface area contributed by atoms with E-state index in [-0.39, 0.29) is 11.7 Å². The van der Waals surface area contributed by atoms with Crippen molar-refractivity contribution in [1.82, 2.24) is 20.2 Å². The van der Waals surface area contributed by atoms with Crippen LogP contribution in [-0.4, -0.2) is 31.4 Å². The van der Waals surface area contributed by atoms with Gasteiger partial charge in [0.05, 0.1) is 16.6 Å². The van der Waals surface area contributed by atoms with Gasteiger partial charge in [-0.25, -0.2) is 4.39 Å². The number of rotatable bonds is 5. The quantitative estimate of drug-likeness (QED) is 0.613. The Morgan fingerprint density at radius 1 is 1.31 bits per heavy atom. The summed E-state index contributed by atoms with van der Waals surface area (Å²) in [5.74, 6) is -0.572. The van der Waals surface area contributed by atoms with E-state index in [1.165, 1.54) is 28.6 Å². The van der Waals surface area contributed by atoms with Crippen LogP contribution in [-0.2, 0) is 4.79 Å². The summed E-state index contributed by atoms with van der Waals surface area (Å²) in [6, 6.07) is 11.6. The van der Waals surface area contributed by atoms with Gasteiger partial charge in [-0.3, -0.25) is 4.79 Å². The molecule has 1 N–H and O–H groups in total. The smallest absolute Gasteiger partial charge is 0.237 e. The summed E-state index contributed by atoms with van der Waals surface area (Å²) in [6.45, 7) is 3.73. The van der Waals surface area contributed by atoms with Crippen LogP contribution in [0.15, 0.2) is 52.1 Å². The molecule has 0 spiro atoms. The number of halogens is 2. The molecule has 26 heavy (non-hydrogen) atoms. The van der Waals surface area contributed by atoms with E-state index < -0.39 is 5.25 Å². The Kier molecular flexibility index (Phi) is 5.67. The number of anilines is 1. The monoisotopic (exact) mass is 435 g/mol. The molecule has 3 aromatic rings. The number of nitrogens with one attached hydrogen (secondary N) is 1. The molecular formula is C17H15BrFN5OS. The lowest BCUT2D eigenvalue weighted by atomic mass is 10.2. The normalized spacial score (nSPS) is 12.0. The molecular weight excluding hydrogens is 421 g/mol. The lowest BCUT2D eigenvalue weighted by molar-refractivity contribution is -0.115. The summed E-state index contributed by atoms with van der Waals surface area (Å²) in [4.78, 5) is 12.5. The molecule has 0 radical (unpaired) electrons. The molecule has 1 unspecified atom stereocenters. The number of thioether (sulfide) groups is 1. The van der Waals surface area contributed by atoms with Crippen LogP contribution in [0.5, 0.6) is 0 Å². The Balaban J connectivity index is 1.73. The van der Waals surface area contributed by atoms with Crippen molar-refractivity contribution in [2.45, 2.75) is 24.3 Å². The van der Waals surface area contributed by atoms with Gasteiger partial charge in [0, 0.05) is 4.47 Å². The third-order valence-corrected chi connectivity index (χ3v) is 5.22. The van der Waals surface area contributed by atoms with Gasteiger partial charge in [0.15, 0.2) is 0 Å². The van der Waals surface area contributed by atoms with Crippen molar-refractivity contribution in [3.05, 3.63) is 58.3 Å². The number of benzene rings is 2. The topological polar surface area (TPSA) is 72.7 Å². The standard InChI is InChI=1S/C17H15BrFN5OS/c1-10-6-7-15(14(18)8-10)20-16(25)11(2)26-17-21-22-23-24(17)13-5-3-4-12(19)9-13/h3-9,11H,1-2H3,(H,20,25). The van der Waals surface area contributed by atoms with Crippen LogP contribution in [0.3, 0.4) is 0 Å². The number of aromatic nitrogens is 4. The van der Waals surface area contributed by atoms with Crippen LogP contribution in [0.2, 0.25) is 0 Å². The SMILES string of the molecule is Cc1ccc(NC(=O)C(C)Sc2nnnn2-c2cccc(F)c2)c(Br)c1. The highest BCUT2D eigenvalue weighted by molar-refractivity contribution is 9.10. The molecule has 1 amide bonds. The van der Waals surface area contributed by atoms with E-state index in [9.17, 15) is 9.18 Å². The van der Waals surface area contributed by atoms with Gasteiger partial charge in [-0.1, -0.05) is 23.9 Å². The number of aryl methyl sites for hydroxylation is 1. The zero-order valence-electron chi connectivity index (χ0n) is 14.0. The minimum atomic E-state index is -0.457. The number of nitrogens with zero attached hydrogens (tertiary/aromatic N) is 4. The van der Waals surface area contributed by atoms with Crippen molar-refractivity contribution in [3.8, 4) is 5.69 Å². The number of hydrogen-bond donors (Lipinski definition) is 1. The maximum absolute atomic E-state index is 13.4. The largest absolute Gasteiger partial charge is 0.324 e. The molecule has 0 aliphatic carbocycles. The minimum Gasteiger partial charge on any atom is -0.324 e. The zero-order valence-corrected chi connectivity index (χ0v) is 16.4. The average molecular weight is 436 g/mol. The minimum absolute atomic E-state index is 0.187. The Hall–Kier alpha value is -2.26. The fourth-order valence-electron chi connectivity index (χ4n) is 2.19. The van der Waals surface area contributed by atoms with Crippen molar-refractivity contribution < 1.29 is 9.18 Å². The van der Waals surface area contributed by atoms with Gasteiger partial charge in [0.2, 0.25) is 11.1 Å². The molecule has 0 aliphatic rings. The molecule has 0 fully saturated rings. The molecule has 1 atom stereocenters. The Labute approximate surface area is 162 Å². The Morgan fingerprint density at radius 2 is 2.12 bits per heavy atom. The maximum Gasteiger partial charge on any atom is 0.237 e. The second-order valence-electron chi connectivity index (χ2n) is 5.59. The van der Waals surface area contributed by atoms with Gasteiger partial charge in [-0.15, -0.1) is 5.10 Å². The molecule has 0 saturated carbocycles. The summed E-state index contributed by atoms with van der Waals surface area (Å²) in [5.41, 5.74) is 2.27. The van der Waals surface area contributed by atoms with E-state index in [0.29, 0.717) is 16.5 Å². The van der Waals surface area contributed by atoms with Crippen molar-refractivity contribution in [2.24, 2.45) is 0 Å². The van der Waals surface area contributed by atoms with Crippen LogP contribution < -0.4 is 5.32 Å². The second-order valence-corrected chi connectivity index (χ2v) is 7.75. The van der Waals surface area contributed by atoms with Gasteiger partial charge < -0.3 is 5.32 Å². The first-order valence-corrected chi connectivity index (χ1v) is 9.39. The van der Waals surface area contributed by atoms with Crippen LogP contribution >= 0.6 is 27.7 Å². The number of tetrazole rings is 1. The van der Waals surface area contributed by atoms with Crippen molar-refractivity contribution in [2.75, 3.05) is 5.32 Å². The predicted octanol–water partition coefficient (Wildman–Crippen LogP) is 3.99. The molecule has 1 heterocycles. The van der Waals surface area contributed by atoms with E-state index in [1.54, 1.807) is 19.1 Å². The first-order valence-electron chi connectivity index (χ1n) is 7.72. The predicted molar refractivity (Wildman–Crippen MR) is 102 cm³/mol. The highest BCUT2D eigenvalue weighted by atomic mass is 79.9. The van der Waals surface area contributed by atoms with Crippen LogP contribution in [0.25, 0.3) is 5.69 Å². The van der Waals surface area contributed by atoms with E-state index in [0.717, 1.165) is 10.0 Å². The Bertz CT molecular complexity index is 948. The first kappa shape index (κ1) is 18.5. The Morgan fingerprint density at radius 3 is 2.85 bits per heavy atom. The maximum atomic E-state index is 13.4. The fourth-order valence-corrected chi connectivity index (χ4v) is 3.59. The molecule has 0 saturated heterocycles. The average Bonchev–Trinajstić information content (AvgIpc) is 3.05. The van der Waals surface area contributed by atoms with Gasteiger partial charge in [-0.05, 0) is 76.1 Å². The molecule has 1 aromatic heterocycles. The lowest BCUT2D eigenvalue weighted by Gasteiger charge is -2.13. The highest BCUT2D eigenvalue weighted by Gasteiger charge is 2.20. The second kappa shape index (κ2) is 7.96. The summed E-state index contributed by atoms with van der Waals surface area (Å²) >= 11 is 4.63. The highest BCUT2D eigenvalue weighted by Crippen LogP contribution is 2.27. The van der Waals surface area contributed by atoms with Gasteiger partial charge in [0.25, 0.3) is 0 Å². The van der Waals surface area contributed by atoms with E-state index in [1.807, 2.05) is 25.1 Å². The van der Waals surface area contributed by atoms with Gasteiger partial charge >= 0.3 is 0 Å². The number of amides is 1. The van der Waals surface area contributed by atoms with Crippen LogP contribution in [0.1, 0.15) is 12.5 Å². The van der Waals surface area contributed by atoms with E-state index >= 15 is 0 Å². The third-order valence-electron chi connectivity index (χ3n) is 3.53. The molecule has 9 heteroatoms. The summed E-state index contributed by atoms with van der Waals surface area (Å²) in [5, 5.41) is 14.3. The number of carbonyl (C=O) groups is 1.